The molecule has 21 heavy (non-hydrogen) atoms. The number of carbonyl (C=O) groups excluding carboxylic acids is 1. The molecular formula is C13H15N3O5. The third-order valence-corrected chi connectivity index (χ3v) is 3.03. The summed E-state index contributed by atoms with van der Waals surface area (Å²) in [6.45, 7) is -0.360. The molecule has 0 aliphatic rings. The summed E-state index contributed by atoms with van der Waals surface area (Å²) < 4.78 is 5.99. The Hall–Kier alpha value is -2.61. The number of amides is 1. The molecule has 1 heterocycles. The van der Waals surface area contributed by atoms with E-state index in [-0.39, 0.29) is 13.1 Å². The van der Waals surface area contributed by atoms with Crippen molar-refractivity contribution < 1.29 is 19.4 Å². The molecule has 0 radical (unpaired) electrons. The molecule has 2 aromatic rings. The van der Waals surface area contributed by atoms with E-state index in [1.807, 2.05) is 0 Å². The van der Waals surface area contributed by atoms with Crippen molar-refractivity contribution in [2.24, 2.45) is 0 Å². The molecule has 1 unspecified atom stereocenters. The third kappa shape index (κ3) is 3.29. The lowest BCUT2D eigenvalue weighted by Crippen LogP contribution is -2.40. The minimum Gasteiger partial charge on any atom is -0.479 e. The maximum atomic E-state index is 11.8. The Bertz CT molecular complexity index is 718. The van der Waals surface area contributed by atoms with Gasteiger partial charge in [0, 0.05) is 7.11 Å². The smallest absolute Gasteiger partial charge is 0.334 e. The van der Waals surface area contributed by atoms with E-state index >= 15 is 0 Å². The van der Waals surface area contributed by atoms with E-state index < -0.39 is 23.7 Å². The molecule has 0 aliphatic heterocycles. The molecule has 1 aromatic carbocycles. The molecule has 0 saturated carbocycles. The average Bonchev–Trinajstić information content (AvgIpc) is 2.75. The van der Waals surface area contributed by atoms with Gasteiger partial charge >= 0.3 is 11.7 Å². The number of imidazole rings is 1. The van der Waals surface area contributed by atoms with Crippen LogP contribution in [0.1, 0.15) is 0 Å². The highest BCUT2D eigenvalue weighted by atomic mass is 16.5. The molecule has 2 rings (SSSR count). The molecule has 0 aliphatic carbocycles. The number of nitrogens with zero attached hydrogens (tertiary/aromatic N) is 1. The number of ether oxygens (including phenoxy) is 1. The Labute approximate surface area is 119 Å². The van der Waals surface area contributed by atoms with E-state index in [0.717, 1.165) is 0 Å². The van der Waals surface area contributed by atoms with Crippen LogP contribution in [-0.2, 0) is 20.9 Å². The average molecular weight is 293 g/mol. The van der Waals surface area contributed by atoms with Crippen molar-refractivity contribution in [3.63, 3.8) is 0 Å². The van der Waals surface area contributed by atoms with Gasteiger partial charge in [-0.2, -0.15) is 0 Å². The van der Waals surface area contributed by atoms with Crippen LogP contribution in [0.2, 0.25) is 0 Å². The summed E-state index contributed by atoms with van der Waals surface area (Å²) in [5.74, 6) is -1.63. The van der Waals surface area contributed by atoms with Gasteiger partial charge in [0.05, 0.1) is 17.6 Å². The van der Waals surface area contributed by atoms with Crippen LogP contribution in [0.3, 0.4) is 0 Å². The summed E-state index contributed by atoms with van der Waals surface area (Å²) in [7, 11) is 1.25. The van der Waals surface area contributed by atoms with Crippen LogP contribution in [0, 0.1) is 0 Å². The Balaban J connectivity index is 2.07. The van der Waals surface area contributed by atoms with E-state index in [0.29, 0.717) is 11.0 Å². The van der Waals surface area contributed by atoms with Crippen molar-refractivity contribution in [3.05, 3.63) is 34.7 Å². The van der Waals surface area contributed by atoms with E-state index in [1.165, 1.54) is 11.7 Å². The van der Waals surface area contributed by atoms with Gasteiger partial charge in [-0.05, 0) is 12.1 Å². The first kappa shape index (κ1) is 14.8. The number of aliphatic carboxylic acids is 1. The predicted molar refractivity (Wildman–Crippen MR) is 74.0 cm³/mol. The summed E-state index contributed by atoms with van der Waals surface area (Å²) in [6, 6.07) is 6.99. The van der Waals surface area contributed by atoms with Crippen LogP contribution >= 0.6 is 0 Å². The zero-order valence-electron chi connectivity index (χ0n) is 11.3. The maximum absolute atomic E-state index is 11.8. The summed E-state index contributed by atoms with van der Waals surface area (Å²) in [6.07, 6.45) is -1.12. The molecule has 1 atom stereocenters. The van der Waals surface area contributed by atoms with Crippen LogP contribution in [0.5, 0.6) is 0 Å². The van der Waals surface area contributed by atoms with Gasteiger partial charge in [-0.15, -0.1) is 0 Å². The minimum absolute atomic E-state index is 0.165. The number of rotatable bonds is 6. The Morgan fingerprint density at radius 3 is 2.81 bits per heavy atom. The molecule has 1 amide bonds. The van der Waals surface area contributed by atoms with E-state index in [1.54, 1.807) is 24.3 Å². The summed E-state index contributed by atoms with van der Waals surface area (Å²) >= 11 is 0. The van der Waals surface area contributed by atoms with Gasteiger partial charge in [0.2, 0.25) is 5.91 Å². The number of carboxylic acid groups (broad SMARTS) is 1. The van der Waals surface area contributed by atoms with Gasteiger partial charge in [0.1, 0.15) is 6.54 Å². The number of hydrogen-bond acceptors (Lipinski definition) is 4. The van der Waals surface area contributed by atoms with Gasteiger partial charge in [-0.25, -0.2) is 9.59 Å². The first-order valence-corrected chi connectivity index (χ1v) is 6.22. The van der Waals surface area contributed by atoms with E-state index in [2.05, 4.69) is 10.3 Å². The van der Waals surface area contributed by atoms with Gasteiger partial charge in [0.25, 0.3) is 0 Å². The molecule has 0 bridgehead atoms. The molecule has 3 N–H and O–H groups in total. The number of carboxylic acids is 1. The molecule has 8 heteroatoms. The number of aromatic amines is 1. The number of fused-ring (bicyclic) bond motifs is 1. The number of H-pyrrole nitrogens is 1. The normalized spacial score (nSPS) is 12.2. The summed E-state index contributed by atoms with van der Waals surface area (Å²) in [5, 5.41) is 11.2. The fourth-order valence-corrected chi connectivity index (χ4v) is 1.94. The lowest BCUT2D eigenvalue weighted by Gasteiger charge is -2.11. The second-order valence-corrected chi connectivity index (χ2v) is 4.40. The van der Waals surface area contributed by atoms with Gasteiger partial charge in [0.15, 0.2) is 6.10 Å². The van der Waals surface area contributed by atoms with Crippen LogP contribution in [-0.4, -0.2) is 46.3 Å². The number of nitrogens with one attached hydrogen (secondary N) is 2. The monoisotopic (exact) mass is 293 g/mol. The van der Waals surface area contributed by atoms with Crippen LogP contribution < -0.4 is 11.0 Å². The maximum Gasteiger partial charge on any atom is 0.334 e. The minimum atomic E-state index is -1.16. The number of benzene rings is 1. The Kier molecular flexibility index (Phi) is 4.39. The fourth-order valence-electron chi connectivity index (χ4n) is 1.94. The summed E-state index contributed by atoms with van der Waals surface area (Å²) in [4.78, 5) is 37.0. The molecule has 0 saturated heterocycles. The number of carbonyl (C=O) groups is 2. The molecule has 112 valence electrons. The summed E-state index contributed by atoms with van der Waals surface area (Å²) in [5.41, 5.74) is 0.850. The van der Waals surface area contributed by atoms with E-state index in [4.69, 9.17) is 9.84 Å². The van der Waals surface area contributed by atoms with E-state index in [9.17, 15) is 14.4 Å². The second kappa shape index (κ2) is 6.23. The lowest BCUT2D eigenvalue weighted by molar-refractivity contribution is -0.148. The van der Waals surface area contributed by atoms with Crippen LogP contribution in [0.4, 0.5) is 0 Å². The number of aromatic nitrogens is 2. The molecule has 0 spiro atoms. The van der Waals surface area contributed by atoms with Crippen molar-refractivity contribution in [2.45, 2.75) is 12.6 Å². The van der Waals surface area contributed by atoms with Gasteiger partial charge in [-0.1, -0.05) is 12.1 Å². The Morgan fingerprint density at radius 1 is 1.43 bits per heavy atom. The van der Waals surface area contributed by atoms with Crippen molar-refractivity contribution in [1.29, 1.82) is 0 Å². The van der Waals surface area contributed by atoms with Crippen molar-refractivity contribution in [1.82, 2.24) is 14.9 Å². The standard InChI is InChI=1S/C13H15N3O5/c1-21-10(12(18)19)6-14-11(17)7-16-9-5-3-2-4-8(9)15-13(16)20/h2-5,10H,6-7H2,1H3,(H,14,17)(H,15,20)(H,18,19). The first-order chi connectivity index (χ1) is 10.0. The van der Waals surface area contributed by atoms with Gasteiger partial charge < -0.3 is 20.1 Å². The zero-order valence-corrected chi connectivity index (χ0v) is 11.3. The SMILES string of the molecule is COC(CNC(=O)Cn1c(=O)[nH]c2ccccc21)C(=O)O. The highest BCUT2D eigenvalue weighted by Crippen LogP contribution is 2.08. The number of hydrogen-bond donors (Lipinski definition) is 3. The highest BCUT2D eigenvalue weighted by Gasteiger charge is 2.18. The van der Waals surface area contributed by atoms with Crippen LogP contribution in [0.25, 0.3) is 11.0 Å². The quantitative estimate of drug-likeness (QED) is 0.667. The number of methoxy groups -OCH3 is 1. The molecule has 8 nitrogen and oxygen atoms in total. The third-order valence-electron chi connectivity index (χ3n) is 3.03. The predicted octanol–water partition coefficient (Wildman–Crippen LogP) is -0.455. The largest absolute Gasteiger partial charge is 0.479 e. The number of para-hydroxylation sites is 2. The first-order valence-electron chi connectivity index (χ1n) is 6.22. The van der Waals surface area contributed by atoms with Crippen molar-refractivity contribution in [2.75, 3.05) is 13.7 Å². The fraction of sp³-hybridized carbons (Fsp3) is 0.308. The molecule has 0 fully saturated rings. The lowest BCUT2D eigenvalue weighted by atomic mass is 10.3. The topological polar surface area (TPSA) is 113 Å². The highest BCUT2D eigenvalue weighted by molar-refractivity contribution is 5.81. The van der Waals surface area contributed by atoms with Gasteiger partial charge in [-0.3, -0.25) is 9.36 Å². The van der Waals surface area contributed by atoms with Crippen LogP contribution in [0.15, 0.2) is 29.1 Å². The Morgan fingerprint density at radius 2 is 2.14 bits per heavy atom. The zero-order chi connectivity index (χ0) is 15.4. The molecular weight excluding hydrogens is 278 g/mol. The van der Waals surface area contributed by atoms with Crippen molar-refractivity contribution >= 4 is 22.9 Å². The van der Waals surface area contributed by atoms with Crippen molar-refractivity contribution in [3.8, 4) is 0 Å². The second-order valence-electron chi connectivity index (χ2n) is 4.40. The molecule has 1 aromatic heterocycles.